The molecule has 0 saturated carbocycles. The Labute approximate surface area is 87.8 Å². The van der Waals surface area contributed by atoms with Crippen LogP contribution in [0.1, 0.15) is 26.7 Å². The van der Waals surface area contributed by atoms with E-state index < -0.39 is 0 Å². The third-order valence-corrected chi connectivity index (χ3v) is 3.83. The number of hydrogen-bond acceptors (Lipinski definition) is 1. The van der Waals surface area contributed by atoms with Crippen molar-refractivity contribution in [2.75, 3.05) is 11.0 Å². The summed E-state index contributed by atoms with van der Waals surface area (Å²) in [5.41, 5.74) is 0. The number of carbonyl (C=O) groups is 1. The van der Waals surface area contributed by atoms with Crippen LogP contribution in [0.5, 0.6) is 0 Å². The molecule has 0 radical (unpaired) electrons. The number of halogens is 1. The number of likely N-dealkylation sites (tertiary alicyclic amines) is 1. The van der Waals surface area contributed by atoms with Gasteiger partial charge in [-0.2, -0.15) is 0 Å². The predicted octanol–water partition coefficient (Wildman–Crippen LogP) is 2.07. The number of rotatable bonds is 3. The fourth-order valence-corrected chi connectivity index (χ4v) is 2.15. The van der Waals surface area contributed by atoms with E-state index in [-0.39, 0.29) is 0 Å². The monoisotopic (exact) mass is 281 g/mol. The SMILES string of the molecule is CC[C@H](C)N1C[C@H](CI)CC1=O. The van der Waals surface area contributed by atoms with E-state index in [9.17, 15) is 4.79 Å². The average molecular weight is 281 g/mol. The summed E-state index contributed by atoms with van der Waals surface area (Å²) in [7, 11) is 0. The highest BCUT2D eigenvalue weighted by molar-refractivity contribution is 14.1. The van der Waals surface area contributed by atoms with Gasteiger partial charge in [0.15, 0.2) is 0 Å². The van der Waals surface area contributed by atoms with E-state index in [1.165, 1.54) is 0 Å². The first-order valence-corrected chi connectivity index (χ1v) is 6.07. The fourth-order valence-electron chi connectivity index (χ4n) is 1.56. The molecule has 0 aliphatic carbocycles. The minimum atomic E-state index is 0.353. The van der Waals surface area contributed by atoms with Gasteiger partial charge >= 0.3 is 0 Å². The van der Waals surface area contributed by atoms with Gasteiger partial charge in [0.1, 0.15) is 0 Å². The third-order valence-electron chi connectivity index (χ3n) is 2.58. The third kappa shape index (κ3) is 2.12. The molecule has 1 aliphatic rings. The molecule has 3 heteroatoms. The molecule has 0 aromatic rings. The maximum Gasteiger partial charge on any atom is 0.223 e. The summed E-state index contributed by atoms with van der Waals surface area (Å²) < 4.78 is 1.11. The van der Waals surface area contributed by atoms with Gasteiger partial charge in [0.05, 0.1) is 0 Å². The van der Waals surface area contributed by atoms with Crippen LogP contribution in [-0.4, -0.2) is 27.8 Å². The summed E-state index contributed by atoms with van der Waals surface area (Å²) in [5, 5.41) is 0. The van der Waals surface area contributed by atoms with Crippen molar-refractivity contribution < 1.29 is 4.79 Å². The summed E-state index contributed by atoms with van der Waals surface area (Å²) in [5.74, 6) is 0.957. The lowest BCUT2D eigenvalue weighted by molar-refractivity contribution is -0.129. The van der Waals surface area contributed by atoms with E-state index >= 15 is 0 Å². The Morgan fingerprint density at radius 3 is 2.83 bits per heavy atom. The van der Waals surface area contributed by atoms with Crippen molar-refractivity contribution in [1.82, 2.24) is 4.90 Å². The smallest absolute Gasteiger partial charge is 0.223 e. The Balaban J connectivity index is 2.51. The quantitative estimate of drug-likeness (QED) is 0.573. The van der Waals surface area contributed by atoms with Gasteiger partial charge in [0.2, 0.25) is 5.91 Å². The van der Waals surface area contributed by atoms with Crippen LogP contribution in [-0.2, 0) is 4.79 Å². The van der Waals surface area contributed by atoms with Gasteiger partial charge in [-0.25, -0.2) is 0 Å². The second-order valence-corrected chi connectivity index (χ2v) is 4.41. The van der Waals surface area contributed by atoms with E-state index in [1.807, 2.05) is 4.90 Å². The number of amides is 1. The molecule has 1 heterocycles. The molecule has 0 unspecified atom stereocenters. The van der Waals surface area contributed by atoms with Gasteiger partial charge in [0.25, 0.3) is 0 Å². The zero-order chi connectivity index (χ0) is 9.14. The normalized spacial score (nSPS) is 26.4. The molecule has 2 nitrogen and oxygen atoms in total. The van der Waals surface area contributed by atoms with Crippen molar-refractivity contribution in [3.8, 4) is 0 Å². The zero-order valence-corrected chi connectivity index (χ0v) is 9.87. The van der Waals surface area contributed by atoms with Crippen LogP contribution >= 0.6 is 22.6 Å². The standard InChI is InChI=1S/C9H16INO/c1-3-7(2)11-6-8(5-10)4-9(11)12/h7-8H,3-6H2,1-2H3/t7-,8-/m0/s1. The van der Waals surface area contributed by atoms with Gasteiger partial charge in [-0.3, -0.25) is 4.79 Å². The summed E-state index contributed by atoms with van der Waals surface area (Å²) in [6, 6.07) is 0.436. The van der Waals surface area contributed by atoms with Gasteiger partial charge in [0, 0.05) is 23.4 Å². The Morgan fingerprint density at radius 1 is 1.75 bits per heavy atom. The van der Waals surface area contributed by atoms with E-state index in [4.69, 9.17) is 0 Å². The molecular weight excluding hydrogens is 265 g/mol. The van der Waals surface area contributed by atoms with Gasteiger partial charge in [-0.05, 0) is 19.3 Å². The summed E-state index contributed by atoms with van der Waals surface area (Å²) in [4.78, 5) is 13.5. The van der Waals surface area contributed by atoms with Crippen LogP contribution in [0, 0.1) is 5.92 Å². The Morgan fingerprint density at radius 2 is 2.42 bits per heavy atom. The first-order chi connectivity index (χ1) is 5.69. The molecule has 1 saturated heterocycles. The van der Waals surface area contributed by atoms with Crippen molar-refractivity contribution in [3.05, 3.63) is 0 Å². The lowest BCUT2D eigenvalue weighted by Gasteiger charge is -2.23. The average Bonchev–Trinajstić information content (AvgIpc) is 2.45. The van der Waals surface area contributed by atoms with Crippen molar-refractivity contribution in [3.63, 3.8) is 0 Å². The van der Waals surface area contributed by atoms with Gasteiger partial charge in [-0.15, -0.1) is 0 Å². The topological polar surface area (TPSA) is 20.3 Å². The Bertz CT molecular complexity index is 172. The first kappa shape index (κ1) is 10.3. The second kappa shape index (κ2) is 4.44. The highest BCUT2D eigenvalue weighted by atomic mass is 127. The number of alkyl halides is 1. The van der Waals surface area contributed by atoms with Crippen LogP contribution in [0.25, 0.3) is 0 Å². The minimum Gasteiger partial charge on any atom is -0.340 e. The largest absolute Gasteiger partial charge is 0.340 e. The van der Waals surface area contributed by atoms with E-state index in [1.54, 1.807) is 0 Å². The summed E-state index contributed by atoms with van der Waals surface area (Å²) in [6.45, 7) is 5.25. The molecule has 0 aromatic heterocycles. The summed E-state index contributed by atoms with van der Waals surface area (Å²) in [6.07, 6.45) is 1.84. The molecule has 70 valence electrons. The van der Waals surface area contributed by atoms with Crippen molar-refractivity contribution in [1.29, 1.82) is 0 Å². The molecule has 12 heavy (non-hydrogen) atoms. The van der Waals surface area contributed by atoms with Crippen LogP contribution in [0.4, 0.5) is 0 Å². The maximum atomic E-state index is 11.5. The summed E-state index contributed by atoms with van der Waals surface area (Å²) >= 11 is 2.37. The second-order valence-electron chi connectivity index (χ2n) is 3.53. The zero-order valence-electron chi connectivity index (χ0n) is 7.72. The van der Waals surface area contributed by atoms with Crippen molar-refractivity contribution in [2.45, 2.75) is 32.7 Å². The fraction of sp³-hybridized carbons (Fsp3) is 0.889. The number of nitrogens with zero attached hydrogens (tertiary/aromatic N) is 1. The maximum absolute atomic E-state index is 11.5. The molecular formula is C9H16INO. The lowest BCUT2D eigenvalue weighted by Crippen LogP contribution is -2.33. The molecule has 0 aromatic carbocycles. The Kier molecular flexibility index (Phi) is 3.80. The van der Waals surface area contributed by atoms with Crippen molar-refractivity contribution in [2.24, 2.45) is 5.92 Å². The lowest BCUT2D eigenvalue weighted by atomic mass is 10.2. The van der Waals surface area contributed by atoms with Crippen LogP contribution in [0.3, 0.4) is 0 Å². The van der Waals surface area contributed by atoms with E-state index in [0.717, 1.165) is 23.8 Å². The van der Waals surface area contributed by atoms with Gasteiger partial charge in [-0.1, -0.05) is 29.5 Å². The molecule has 0 spiro atoms. The molecule has 1 amide bonds. The van der Waals surface area contributed by atoms with E-state index in [2.05, 4.69) is 36.4 Å². The van der Waals surface area contributed by atoms with E-state index in [0.29, 0.717) is 17.9 Å². The highest BCUT2D eigenvalue weighted by Crippen LogP contribution is 2.22. The highest BCUT2D eigenvalue weighted by Gasteiger charge is 2.30. The molecule has 0 N–H and O–H groups in total. The van der Waals surface area contributed by atoms with Gasteiger partial charge < -0.3 is 4.90 Å². The van der Waals surface area contributed by atoms with Crippen molar-refractivity contribution >= 4 is 28.5 Å². The molecule has 1 rings (SSSR count). The Hall–Kier alpha value is 0.200. The molecule has 2 atom stereocenters. The minimum absolute atomic E-state index is 0.353. The molecule has 1 aliphatic heterocycles. The first-order valence-electron chi connectivity index (χ1n) is 4.54. The molecule has 1 fully saturated rings. The van der Waals surface area contributed by atoms with Crippen LogP contribution in [0.2, 0.25) is 0 Å². The molecule has 0 bridgehead atoms. The van der Waals surface area contributed by atoms with Crippen LogP contribution < -0.4 is 0 Å². The van der Waals surface area contributed by atoms with Crippen LogP contribution in [0.15, 0.2) is 0 Å². The predicted molar refractivity (Wildman–Crippen MR) is 58.5 cm³/mol. The number of carbonyl (C=O) groups excluding carboxylic acids is 1. The number of hydrogen-bond donors (Lipinski definition) is 0.